The van der Waals surface area contributed by atoms with Crippen LogP contribution in [-0.4, -0.2) is 25.1 Å². The molecule has 0 aliphatic heterocycles. The lowest BCUT2D eigenvalue weighted by molar-refractivity contribution is -0.115. The van der Waals surface area contributed by atoms with E-state index in [0.717, 1.165) is 27.9 Å². The van der Waals surface area contributed by atoms with E-state index in [0.29, 0.717) is 16.6 Å². The van der Waals surface area contributed by atoms with Crippen LogP contribution in [0.4, 0.5) is 5.13 Å². The fourth-order valence-electron chi connectivity index (χ4n) is 3.26. The van der Waals surface area contributed by atoms with Crippen molar-refractivity contribution in [3.63, 3.8) is 0 Å². The molecule has 0 bridgehead atoms. The van der Waals surface area contributed by atoms with E-state index < -0.39 is 0 Å². The number of hydrogen-bond acceptors (Lipinski definition) is 5. The van der Waals surface area contributed by atoms with Crippen LogP contribution in [0, 0.1) is 0 Å². The standard InChI is InChI=1S/C25H22N2O3S/c1-29-20-12-13-23(30-2)21(15-20)22-16-31-25(26-22)27-24(28)14-17-8-10-19(11-9-17)18-6-4-3-5-7-18/h3-13,15-16H,14H2,1-2H3,(H,26,27,28). The number of amides is 1. The second-order valence-corrected chi connectivity index (χ2v) is 7.75. The first-order valence-electron chi connectivity index (χ1n) is 9.78. The van der Waals surface area contributed by atoms with Gasteiger partial charge in [0.15, 0.2) is 5.13 Å². The predicted molar refractivity (Wildman–Crippen MR) is 125 cm³/mol. The van der Waals surface area contributed by atoms with E-state index in [1.165, 1.54) is 11.3 Å². The fourth-order valence-corrected chi connectivity index (χ4v) is 3.99. The highest BCUT2D eigenvalue weighted by molar-refractivity contribution is 7.14. The van der Waals surface area contributed by atoms with Crippen molar-refractivity contribution in [2.24, 2.45) is 0 Å². The molecule has 0 fully saturated rings. The Morgan fingerprint density at radius 1 is 0.935 bits per heavy atom. The van der Waals surface area contributed by atoms with E-state index in [4.69, 9.17) is 9.47 Å². The summed E-state index contributed by atoms with van der Waals surface area (Å²) in [6, 6.07) is 23.7. The Kier molecular flexibility index (Phi) is 6.29. The third-order valence-electron chi connectivity index (χ3n) is 4.86. The summed E-state index contributed by atoms with van der Waals surface area (Å²) in [6.07, 6.45) is 0.284. The molecule has 0 spiro atoms. The first kappa shape index (κ1) is 20.6. The van der Waals surface area contributed by atoms with Crippen LogP contribution >= 0.6 is 11.3 Å². The van der Waals surface area contributed by atoms with Crippen molar-refractivity contribution in [1.29, 1.82) is 0 Å². The number of benzene rings is 3. The van der Waals surface area contributed by atoms with Crippen molar-refractivity contribution in [3.05, 3.63) is 83.7 Å². The van der Waals surface area contributed by atoms with Crippen LogP contribution in [0.2, 0.25) is 0 Å². The van der Waals surface area contributed by atoms with Gasteiger partial charge in [-0.25, -0.2) is 4.98 Å². The van der Waals surface area contributed by atoms with Gasteiger partial charge in [-0.2, -0.15) is 0 Å². The summed E-state index contributed by atoms with van der Waals surface area (Å²) in [5, 5.41) is 5.33. The van der Waals surface area contributed by atoms with E-state index in [9.17, 15) is 4.79 Å². The molecule has 0 aliphatic rings. The number of methoxy groups -OCH3 is 2. The molecular formula is C25H22N2O3S. The van der Waals surface area contributed by atoms with Crippen LogP contribution in [0.15, 0.2) is 78.2 Å². The maximum atomic E-state index is 12.5. The molecular weight excluding hydrogens is 408 g/mol. The fraction of sp³-hybridized carbons (Fsp3) is 0.120. The molecule has 1 heterocycles. The summed E-state index contributed by atoms with van der Waals surface area (Å²) >= 11 is 1.38. The maximum absolute atomic E-state index is 12.5. The van der Waals surface area contributed by atoms with Gasteiger partial charge in [-0.1, -0.05) is 54.6 Å². The van der Waals surface area contributed by atoms with Crippen LogP contribution in [0.25, 0.3) is 22.4 Å². The Labute approximate surface area is 185 Å². The van der Waals surface area contributed by atoms with Gasteiger partial charge in [0.2, 0.25) is 5.91 Å². The lowest BCUT2D eigenvalue weighted by Crippen LogP contribution is -2.14. The van der Waals surface area contributed by atoms with Crippen LogP contribution in [0.1, 0.15) is 5.56 Å². The highest BCUT2D eigenvalue weighted by atomic mass is 32.1. The minimum atomic E-state index is -0.106. The van der Waals surface area contributed by atoms with Gasteiger partial charge in [-0.05, 0) is 34.9 Å². The lowest BCUT2D eigenvalue weighted by atomic mass is 10.0. The van der Waals surface area contributed by atoms with Crippen LogP contribution < -0.4 is 14.8 Å². The van der Waals surface area contributed by atoms with Gasteiger partial charge < -0.3 is 14.8 Å². The third kappa shape index (κ3) is 4.92. The minimum Gasteiger partial charge on any atom is -0.497 e. The summed E-state index contributed by atoms with van der Waals surface area (Å²) in [5.74, 6) is 1.31. The summed E-state index contributed by atoms with van der Waals surface area (Å²) in [6.45, 7) is 0. The van der Waals surface area contributed by atoms with E-state index in [2.05, 4.69) is 22.4 Å². The second kappa shape index (κ2) is 9.45. The van der Waals surface area contributed by atoms with E-state index in [1.54, 1.807) is 14.2 Å². The first-order valence-corrected chi connectivity index (χ1v) is 10.7. The summed E-state index contributed by atoms with van der Waals surface area (Å²) < 4.78 is 10.7. The molecule has 31 heavy (non-hydrogen) atoms. The largest absolute Gasteiger partial charge is 0.497 e. The van der Waals surface area contributed by atoms with E-state index >= 15 is 0 Å². The van der Waals surface area contributed by atoms with Crippen molar-refractivity contribution >= 4 is 22.4 Å². The van der Waals surface area contributed by atoms with Crippen LogP contribution in [0.3, 0.4) is 0 Å². The number of nitrogens with zero attached hydrogens (tertiary/aromatic N) is 1. The number of ether oxygens (including phenoxy) is 2. The SMILES string of the molecule is COc1ccc(OC)c(-c2csc(NC(=O)Cc3ccc(-c4ccccc4)cc3)n2)c1. The van der Waals surface area contributed by atoms with Crippen LogP contribution in [0.5, 0.6) is 11.5 Å². The van der Waals surface area contributed by atoms with Crippen molar-refractivity contribution in [2.45, 2.75) is 6.42 Å². The van der Waals surface area contributed by atoms with Gasteiger partial charge >= 0.3 is 0 Å². The van der Waals surface area contributed by atoms with Gasteiger partial charge in [0.1, 0.15) is 11.5 Å². The Morgan fingerprint density at radius 2 is 1.68 bits per heavy atom. The van der Waals surface area contributed by atoms with Crippen molar-refractivity contribution in [3.8, 4) is 33.9 Å². The third-order valence-corrected chi connectivity index (χ3v) is 5.62. The van der Waals surface area contributed by atoms with Gasteiger partial charge in [-0.15, -0.1) is 11.3 Å². The smallest absolute Gasteiger partial charge is 0.230 e. The van der Waals surface area contributed by atoms with Crippen LogP contribution in [-0.2, 0) is 11.2 Å². The van der Waals surface area contributed by atoms with Crippen molar-refractivity contribution in [1.82, 2.24) is 4.98 Å². The highest BCUT2D eigenvalue weighted by Gasteiger charge is 2.13. The number of aromatic nitrogens is 1. The number of hydrogen-bond donors (Lipinski definition) is 1. The minimum absolute atomic E-state index is 0.106. The Balaban J connectivity index is 1.43. The molecule has 4 aromatic rings. The molecule has 0 saturated heterocycles. The number of thiazole rings is 1. The van der Waals surface area contributed by atoms with Gasteiger partial charge in [-0.3, -0.25) is 4.79 Å². The van der Waals surface area contributed by atoms with E-state index in [-0.39, 0.29) is 12.3 Å². The summed E-state index contributed by atoms with van der Waals surface area (Å²) in [4.78, 5) is 17.1. The predicted octanol–water partition coefficient (Wildman–Crippen LogP) is 5.68. The monoisotopic (exact) mass is 430 g/mol. The number of carbonyl (C=O) groups is 1. The van der Waals surface area contributed by atoms with Gasteiger partial charge in [0.25, 0.3) is 0 Å². The molecule has 4 rings (SSSR count). The molecule has 3 aromatic carbocycles. The zero-order valence-corrected chi connectivity index (χ0v) is 18.1. The molecule has 0 unspecified atom stereocenters. The molecule has 6 heteroatoms. The average Bonchev–Trinajstić information content (AvgIpc) is 3.27. The number of rotatable bonds is 7. The Morgan fingerprint density at radius 3 is 2.39 bits per heavy atom. The van der Waals surface area contributed by atoms with Crippen molar-refractivity contribution < 1.29 is 14.3 Å². The molecule has 1 amide bonds. The molecule has 0 aliphatic carbocycles. The maximum Gasteiger partial charge on any atom is 0.230 e. The van der Waals surface area contributed by atoms with Gasteiger partial charge in [0.05, 0.1) is 26.3 Å². The Hall–Kier alpha value is -3.64. The highest BCUT2D eigenvalue weighted by Crippen LogP contribution is 2.35. The molecule has 5 nitrogen and oxygen atoms in total. The molecule has 1 N–H and O–H groups in total. The average molecular weight is 431 g/mol. The van der Waals surface area contributed by atoms with Gasteiger partial charge in [0, 0.05) is 10.9 Å². The molecule has 156 valence electrons. The number of nitrogens with one attached hydrogen (secondary N) is 1. The lowest BCUT2D eigenvalue weighted by Gasteiger charge is -2.08. The van der Waals surface area contributed by atoms with Crippen molar-refractivity contribution in [2.75, 3.05) is 19.5 Å². The molecule has 0 saturated carbocycles. The summed E-state index contributed by atoms with van der Waals surface area (Å²) in [5.41, 5.74) is 4.77. The normalized spacial score (nSPS) is 10.5. The second-order valence-electron chi connectivity index (χ2n) is 6.89. The quantitative estimate of drug-likeness (QED) is 0.410. The molecule has 0 atom stereocenters. The summed E-state index contributed by atoms with van der Waals surface area (Å²) in [7, 11) is 3.23. The first-order chi connectivity index (χ1) is 15.2. The number of carbonyl (C=O) groups excluding carboxylic acids is 1. The van der Waals surface area contributed by atoms with E-state index in [1.807, 2.05) is 66.0 Å². The Bertz CT molecular complexity index is 1170. The molecule has 1 aromatic heterocycles. The molecule has 0 radical (unpaired) electrons. The zero-order chi connectivity index (χ0) is 21.6. The topological polar surface area (TPSA) is 60.5 Å². The number of anilines is 1. The zero-order valence-electron chi connectivity index (χ0n) is 17.3.